The van der Waals surface area contributed by atoms with E-state index in [1.807, 2.05) is 0 Å². The number of halogens is 3. The molecule has 116 valence electrons. The maximum atomic E-state index is 12.1. The van der Waals surface area contributed by atoms with Gasteiger partial charge in [-0.05, 0) is 35.4 Å². The molecule has 22 heavy (non-hydrogen) atoms. The summed E-state index contributed by atoms with van der Waals surface area (Å²) in [5, 5.41) is 18.1. The molecule has 0 spiro atoms. The van der Waals surface area contributed by atoms with Crippen LogP contribution in [-0.4, -0.2) is 22.6 Å². The quantitative estimate of drug-likeness (QED) is 0.601. The predicted octanol–water partition coefficient (Wildman–Crippen LogP) is 3.08. The average molecular weight is 313 g/mol. The lowest BCUT2D eigenvalue weighted by atomic mass is 10.0. The Balaban J connectivity index is 2.31. The van der Waals surface area contributed by atoms with Gasteiger partial charge in [0.1, 0.15) is 11.5 Å². The monoisotopic (exact) mass is 313 g/mol. The van der Waals surface area contributed by atoms with Crippen LogP contribution in [0, 0.1) is 0 Å². The van der Waals surface area contributed by atoms with E-state index in [2.05, 4.69) is 4.74 Å². The van der Waals surface area contributed by atoms with E-state index in [0.29, 0.717) is 11.1 Å². The largest absolute Gasteiger partial charge is 0.573 e. The van der Waals surface area contributed by atoms with Gasteiger partial charge < -0.3 is 9.84 Å². The molecule has 0 heterocycles. The second-order valence-corrected chi connectivity index (χ2v) is 4.25. The van der Waals surface area contributed by atoms with E-state index in [0.717, 1.165) is 12.1 Å². The fourth-order valence-corrected chi connectivity index (χ4v) is 1.81. The molecule has 0 fully saturated rings. The molecule has 3 N–H and O–H groups in total. The van der Waals surface area contributed by atoms with Crippen molar-refractivity contribution in [3.63, 3.8) is 0 Å². The van der Waals surface area contributed by atoms with Crippen molar-refractivity contribution < 1.29 is 33.0 Å². The van der Waals surface area contributed by atoms with E-state index in [4.69, 9.17) is 5.21 Å². The summed E-state index contributed by atoms with van der Waals surface area (Å²) in [5.41, 5.74) is 2.19. The van der Waals surface area contributed by atoms with E-state index in [-0.39, 0.29) is 17.1 Å². The molecule has 0 bridgehead atoms. The summed E-state index contributed by atoms with van der Waals surface area (Å²) < 4.78 is 40.0. The Labute approximate surface area is 122 Å². The summed E-state index contributed by atoms with van der Waals surface area (Å²) in [7, 11) is 0. The van der Waals surface area contributed by atoms with Gasteiger partial charge >= 0.3 is 6.36 Å². The van der Waals surface area contributed by atoms with Gasteiger partial charge in [-0.1, -0.05) is 18.2 Å². The number of amides is 1. The molecule has 0 aromatic heterocycles. The fourth-order valence-electron chi connectivity index (χ4n) is 1.81. The summed E-state index contributed by atoms with van der Waals surface area (Å²) in [6.45, 7) is 0. The van der Waals surface area contributed by atoms with Gasteiger partial charge in [0.25, 0.3) is 5.91 Å². The standard InChI is InChI=1S/C14H10F3NO4/c15-14(16,17)22-10-4-1-8(2-5-10)9-3-6-12(19)11(7-9)13(20)18-21/h1-7,19,21H,(H,18,20). The van der Waals surface area contributed by atoms with E-state index in [9.17, 15) is 23.1 Å². The van der Waals surface area contributed by atoms with Crippen LogP contribution in [0.4, 0.5) is 13.2 Å². The Morgan fingerprint density at radius 2 is 1.64 bits per heavy atom. The molecule has 0 aliphatic heterocycles. The highest BCUT2D eigenvalue weighted by Crippen LogP contribution is 2.29. The van der Waals surface area contributed by atoms with Crippen molar-refractivity contribution in [3.8, 4) is 22.6 Å². The number of hydroxylamine groups is 1. The lowest BCUT2D eigenvalue weighted by Gasteiger charge is -2.10. The molecule has 1 amide bonds. The Morgan fingerprint density at radius 1 is 1.05 bits per heavy atom. The number of carbonyl (C=O) groups excluding carboxylic acids is 1. The zero-order valence-corrected chi connectivity index (χ0v) is 10.9. The van der Waals surface area contributed by atoms with Crippen LogP contribution in [0.5, 0.6) is 11.5 Å². The van der Waals surface area contributed by atoms with Gasteiger partial charge in [0.15, 0.2) is 0 Å². The van der Waals surface area contributed by atoms with Crippen LogP contribution in [0.2, 0.25) is 0 Å². The molecule has 2 aromatic rings. The average Bonchev–Trinajstić information content (AvgIpc) is 2.46. The maximum Gasteiger partial charge on any atom is 0.573 e. The van der Waals surface area contributed by atoms with E-state index >= 15 is 0 Å². The molecule has 0 unspecified atom stereocenters. The zero-order chi connectivity index (χ0) is 16.3. The van der Waals surface area contributed by atoms with E-state index < -0.39 is 12.3 Å². The first-order valence-corrected chi connectivity index (χ1v) is 5.94. The third-order valence-corrected chi connectivity index (χ3v) is 2.76. The number of carbonyl (C=O) groups is 1. The smallest absolute Gasteiger partial charge is 0.507 e. The van der Waals surface area contributed by atoms with Crippen LogP contribution in [0.15, 0.2) is 42.5 Å². The van der Waals surface area contributed by atoms with Crippen molar-refractivity contribution in [1.82, 2.24) is 5.48 Å². The molecule has 2 aromatic carbocycles. The number of alkyl halides is 3. The first-order chi connectivity index (χ1) is 10.3. The van der Waals surface area contributed by atoms with Gasteiger partial charge in [-0.3, -0.25) is 10.0 Å². The highest BCUT2D eigenvalue weighted by atomic mass is 19.4. The molecule has 0 radical (unpaired) electrons. The predicted molar refractivity (Wildman–Crippen MR) is 69.5 cm³/mol. The number of benzene rings is 2. The number of phenols is 1. The maximum absolute atomic E-state index is 12.1. The molecule has 5 nitrogen and oxygen atoms in total. The number of phenolic OH excluding ortho intramolecular Hbond substituents is 1. The number of nitrogens with one attached hydrogen (secondary N) is 1. The van der Waals surface area contributed by atoms with Gasteiger partial charge in [0.05, 0.1) is 5.56 Å². The van der Waals surface area contributed by atoms with Crippen molar-refractivity contribution in [2.75, 3.05) is 0 Å². The molecule has 2 rings (SSSR count). The molecule has 8 heteroatoms. The van der Waals surface area contributed by atoms with Crippen LogP contribution < -0.4 is 10.2 Å². The molecule has 0 aliphatic carbocycles. The molecule has 0 saturated heterocycles. The normalized spacial score (nSPS) is 11.1. The van der Waals surface area contributed by atoms with Crippen LogP contribution in [0.25, 0.3) is 11.1 Å². The topological polar surface area (TPSA) is 78.8 Å². The third-order valence-electron chi connectivity index (χ3n) is 2.76. The van der Waals surface area contributed by atoms with Gasteiger partial charge in [-0.15, -0.1) is 13.2 Å². The van der Waals surface area contributed by atoms with Crippen molar-refractivity contribution in [2.45, 2.75) is 6.36 Å². The first kappa shape index (κ1) is 15.6. The Hall–Kier alpha value is -2.74. The number of rotatable bonds is 3. The van der Waals surface area contributed by atoms with Gasteiger partial charge in [0, 0.05) is 0 Å². The summed E-state index contributed by atoms with van der Waals surface area (Å²) in [6.07, 6.45) is -4.77. The first-order valence-electron chi connectivity index (χ1n) is 5.94. The van der Waals surface area contributed by atoms with Crippen molar-refractivity contribution in [3.05, 3.63) is 48.0 Å². The summed E-state index contributed by atoms with van der Waals surface area (Å²) in [4.78, 5) is 11.4. The van der Waals surface area contributed by atoms with Crippen molar-refractivity contribution in [2.24, 2.45) is 0 Å². The summed E-state index contributed by atoms with van der Waals surface area (Å²) in [6, 6.07) is 8.99. The number of ether oxygens (including phenoxy) is 1. The van der Waals surface area contributed by atoms with Crippen LogP contribution >= 0.6 is 0 Å². The zero-order valence-electron chi connectivity index (χ0n) is 10.9. The van der Waals surface area contributed by atoms with E-state index in [1.165, 1.54) is 35.8 Å². The minimum absolute atomic E-state index is 0.171. The molecular formula is C14H10F3NO4. The third kappa shape index (κ3) is 3.67. The Kier molecular flexibility index (Phi) is 4.22. The highest BCUT2D eigenvalue weighted by molar-refractivity contribution is 5.97. The second kappa shape index (κ2) is 5.94. The fraction of sp³-hybridized carbons (Fsp3) is 0.0714. The van der Waals surface area contributed by atoms with Crippen LogP contribution in [-0.2, 0) is 0 Å². The van der Waals surface area contributed by atoms with Gasteiger partial charge in [0.2, 0.25) is 0 Å². The lowest BCUT2D eigenvalue weighted by Crippen LogP contribution is -2.18. The SMILES string of the molecule is O=C(NO)c1cc(-c2ccc(OC(F)(F)F)cc2)ccc1O. The summed E-state index contributed by atoms with van der Waals surface area (Å²) >= 11 is 0. The van der Waals surface area contributed by atoms with Gasteiger partial charge in [-0.25, -0.2) is 5.48 Å². The summed E-state index contributed by atoms with van der Waals surface area (Å²) in [5.74, 6) is -1.62. The molecule has 0 aliphatic rings. The number of hydrogen-bond acceptors (Lipinski definition) is 4. The van der Waals surface area contributed by atoms with Gasteiger partial charge in [-0.2, -0.15) is 0 Å². The van der Waals surface area contributed by atoms with Crippen molar-refractivity contribution in [1.29, 1.82) is 0 Å². The molecule has 0 atom stereocenters. The number of aromatic hydroxyl groups is 1. The lowest BCUT2D eigenvalue weighted by molar-refractivity contribution is -0.274. The molecular weight excluding hydrogens is 303 g/mol. The minimum atomic E-state index is -4.77. The highest BCUT2D eigenvalue weighted by Gasteiger charge is 2.30. The number of hydrogen-bond donors (Lipinski definition) is 3. The second-order valence-electron chi connectivity index (χ2n) is 4.25. The van der Waals surface area contributed by atoms with Crippen LogP contribution in [0.3, 0.4) is 0 Å². The molecule has 0 saturated carbocycles. The van der Waals surface area contributed by atoms with E-state index in [1.54, 1.807) is 0 Å². The van der Waals surface area contributed by atoms with Crippen molar-refractivity contribution >= 4 is 5.91 Å². The van der Waals surface area contributed by atoms with Crippen LogP contribution in [0.1, 0.15) is 10.4 Å². The minimum Gasteiger partial charge on any atom is -0.507 e. The Bertz CT molecular complexity index is 683. The Morgan fingerprint density at radius 3 is 2.18 bits per heavy atom.